The molecule has 0 atom stereocenters. The number of pyridine rings is 1. The lowest BCUT2D eigenvalue weighted by Gasteiger charge is -2.06. The van der Waals surface area contributed by atoms with E-state index < -0.39 is 0 Å². The number of aromatic nitrogens is 1. The van der Waals surface area contributed by atoms with Gasteiger partial charge in [-0.25, -0.2) is 4.99 Å². The highest BCUT2D eigenvalue weighted by molar-refractivity contribution is 5.93. The normalized spacial score (nSPS) is 11.1. The Balaban J connectivity index is 2.15. The zero-order valence-corrected chi connectivity index (χ0v) is 11.6. The molecule has 21 heavy (non-hydrogen) atoms. The Labute approximate surface area is 123 Å². The van der Waals surface area contributed by atoms with Crippen LogP contribution in [0.4, 0.5) is 5.69 Å². The van der Waals surface area contributed by atoms with E-state index in [-0.39, 0.29) is 11.9 Å². The van der Waals surface area contributed by atoms with Crippen molar-refractivity contribution >= 4 is 17.6 Å². The zero-order valence-electron chi connectivity index (χ0n) is 11.6. The van der Waals surface area contributed by atoms with Crippen molar-refractivity contribution < 1.29 is 0 Å². The SMILES string of the molecule is NC(N)=NC(N)=Nc1ccccc1CCc1ccncc1. The fraction of sp³-hybridized carbons (Fsp3) is 0.133. The van der Waals surface area contributed by atoms with Crippen molar-refractivity contribution in [2.24, 2.45) is 27.2 Å². The highest BCUT2D eigenvalue weighted by atomic mass is 15.1. The van der Waals surface area contributed by atoms with Crippen LogP contribution in [0, 0.1) is 0 Å². The molecule has 0 saturated carbocycles. The molecule has 0 radical (unpaired) electrons. The topological polar surface area (TPSA) is 116 Å². The van der Waals surface area contributed by atoms with E-state index >= 15 is 0 Å². The Hall–Kier alpha value is -2.89. The average molecular weight is 282 g/mol. The van der Waals surface area contributed by atoms with E-state index in [2.05, 4.69) is 15.0 Å². The van der Waals surface area contributed by atoms with Crippen LogP contribution in [0.1, 0.15) is 11.1 Å². The first-order valence-corrected chi connectivity index (χ1v) is 6.56. The lowest BCUT2D eigenvalue weighted by molar-refractivity contribution is 0.954. The van der Waals surface area contributed by atoms with E-state index in [1.54, 1.807) is 12.4 Å². The summed E-state index contributed by atoms with van der Waals surface area (Å²) in [5.74, 6) is -0.0584. The van der Waals surface area contributed by atoms with Crippen molar-refractivity contribution in [3.05, 3.63) is 59.9 Å². The van der Waals surface area contributed by atoms with Crippen LogP contribution in [-0.2, 0) is 12.8 Å². The molecule has 1 heterocycles. The molecule has 2 aromatic rings. The summed E-state index contributed by atoms with van der Waals surface area (Å²) in [4.78, 5) is 12.0. The van der Waals surface area contributed by atoms with E-state index in [0.29, 0.717) is 0 Å². The summed E-state index contributed by atoms with van der Waals surface area (Å²) in [5, 5.41) is 0. The van der Waals surface area contributed by atoms with Crippen LogP contribution in [0.5, 0.6) is 0 Å². The number of nitrogens with zero attached hydrogens (tertiary/aromatic N) is 3. The Kier molecular flexibility index (Phi) is 4.87. The van der Waals surface area contributed by atoms with Crippen molar-refractivity contribution in [3.8, 4) is 0 Å². The molecule has 0 saturated heterocycles. The molecule has 6 heteroatoms. The fourth-order valence-corrected chi connectivity index (χ4v) is 1.94. The standard InChI is InChI=1S/C15H18N6/c16-14(17)21-15(18)20-13-4-2-1-3-12(13)6-5-11-7-9-19-10-8-11/h1-4,7-10H,5-6H2,(H6,16,17,18,20,21). The third-order valence-corrected chi connectivity index (χ3v) is 2.90. The molecule has 0 aliphatic heterocycles. The summed E-state index contributed by atoms with van der Waals surface area (Å²) >= 11 is 0. The molecular weight excluding hydrogens is 264 g/mol. The van der Waals surface area contributed by atoms with Crippen LogP contribution in [0.15, 0.2) is 58.8 Å². The first-order valence-electron chi connectivity index (χ1n) is 6.56. The summed E-state index contributed by atoms with van der Waals surface area (Å²) in [5.41, 5.74) is 19.3. The largest absolute Gasteiger partial charge is 0.370 e. The lowest BCUT2D eigenvalue weighted by Crippen LogP contribution is -2.26. The third kappa shape index (κ3) is 4.61. The zero-order chi connectivity index (χ0) is 15.1. The highest BCUT2D eigenvalue weighted by Gasteiger charge is 2.02. The molecule has 108 valence electrons. The number of benzene rings is 1. The molecule has 0 aliphatic rings. The van der Waals surface area contributed by atoms with Crippen LogP contribution < -0.4 is 17.2 Å². The van der Waals surface area contributed by atoms with Gasteiger partial charge in [-0.05, 0) is 42.2 Å². The monoisotopic (exact) mass is 282 g/mol. The first-order chi connectivity index (χ1) is 10.1. The van der Waals surface area contributed by atoms with Gasteiger partial charge in [0.15, 0.2) is 5.96 Å². The Bertz CT molecular complexity index is 644. The maximum Gasteiger partial charge on any atom is 0.223 e. The number of hydrogen-bond acceptors (Lipinski definition) is 2. The summed E-state index contributed by atoms with van der Waals surface area (Å²) in [6.07, 6.45) is 5.32. The summed E-state index contributed by atoms with van der Waals surface area (Å²) in [6.45, 7) is 0. The predicted octanol–water partition coefficient (Wildman–Crippen LogP) is 1.09. The molecule has 6 nitrogen and oxygen atoms in total. The molecular formula is C15H18N6. The van der Waals surface area contributed by atoms with Gasteiger partial charge < -0.3 is 17.2 Å². The second kappa shape index (κ2) is 7.04. The van der Waals surface area contributed by atoms with Gasteiger partial charge in [0.05, 0.1) is 5.69 Å². The summed E-state index contributed by atoms with van der Waals surface area (Å²) < 4.78 is 0. The maximum absolute atomic E-state index is 5.68. The Morgan fingerprint density at radius 3 is 2.38 bits per heavy atom. The molecule has 0 amide bonds. The van der Waals surface area contributed by atoms with E-state index in [1.165, 1.54) is 5.56 Å². The molecule has 1 aromatic heterocycles. The van der Waals surface area contributed by atoms with Gasteiger partial charge >= 0.3 is 0 Å². The van der Waals surface area contributed by atoms with Gasteiger partial charge in [-0.3, -0.25) is 4.98 Å². The number of guanidine groups is 2. The number of aliphatic imine (C=N–C) groups is 2. The summed E-state index contributed by atoms with van der Waals surface area (Å²) in [6, 6.07) is 11.8. The average Bonchev–Trinajstić information content (AvgIpc) is 2.46. The fourth-order valence-electron chi connectivity index (χ4n) is 1.94. The Morgan fingerprint density at radius 1 is 0.952 bits per heavy atom. The number of nitrogens with two attached hydrogens (primary N) is 3. The summed E-state index contributed by atoms with van der Waals surface area (Å²) in [7, 11) is 0. The molecule has 0 fully saturated rings. The maximum atomic E-state index is 5.68. The van der Waals surface area contributed by atoms with E-state index in [4.69, 9.17) is 17.2 Å². The number of hydrogen-bond donors (Lipinski definition) is 3. The van der Waals surface area contributed by atoms with Crippen molar-refractivity contribution in [3.63, 3.8) is 0 Å². The van der Waals surface area contributed by atoms with Gasteiger partial charge in [0, 0.05) is 12.4 Å². The third-order valence-electron chi connectivity index (χ3n) is 2.90. The van der Waals surface area contributed by atoms with Crippen LogP contribution >= 0.6 is 0 Å². The number of aryl methyl sites for hydroxylation is 2. The molecule has 0 aliphatic carbocycles. The Morgan fingerprint density at radius 2 is 1.67 bits per heavy atom. The lowest BCUT2D eigenvalue weighted by atomic mass is 10.0. The number of rotatable bonds is 4. The minimum atomic E-state index is -0.106. The molecule has 2 rings (SSSR count). The highest BCUT2D eigenvalue weighted by Crippen LogP contribution is 2.20. The molecule has 0 bridgehead atoms. The van der Waals surface area contributed by atoms with E-state index in [9.17, 15) is 0 Å². The second-order valence-corrected chi connectivity index (χ2v) is 4.49. The molecule has 0 spiro atoms. The predicted molar refractivity (Wildman–Crippen MR) is 85.2 cm³/mol. The van der Waals surface area contributed by atoms with Crippen LogP contribution in [0.3, 0.4) is 0 Å². The first kappa shape index (κ1) is 14.5. The van der Waals surface area contributed by atoms with Crippen LogP contribution in [-0.4, -0.2) is 16.9 Å². The van der Waals surface area contributed by atoms with Gasteiger partial charge in [-0.1, -0.05) is 18.2 Å². The van der Waals surface area contributed by atoms with Gasteiger partial charge in [0.2, 0.25) is 5.96 Å². The smallest absolute Gasteiger partial charge is 0.223 e. The van der Waals surface area contributed by atoms with Gasteiger partial charge in [-0.15, -0.1) is 0 Å². The van der Waals surface area contributed by atoms with Crippen molar-refractivity contribution in [2.45, 2.75) is 12.8 Å². The van der Waals surface area contributed by atoms with E-state index in [1.807, 2.05) is 36.4 Å². The molecule has 1 aromatic carbocycles. The number of para-hydroxylation sites is 1. The minimum Gasteiger partial charge on any atom is -0.370 e. The minimum absolute atomic E-state index is 0.0476. The van der Waals surface area contributed by atoms with Crippen molar-refractivity contribution in [1.29, 1.82) is 0 Å². The van der Waals surface area contributed by atoms with Gasteiger partial charge in [-0.2, -0.15) is 4.99 Å². The van der Waals surface area contributed by atoms with E-state index in [0.717, 1.165) is 24.1 Å². The molecule has 0 unspecified atom stereocenters. The molecule has 6 N–H and O–H groups in total. The second-order valence-electron chi connectivity index (χ2n) is 4.49. The van der Waals surface area contributed by atoms with Gasteiger partial charge in [0.1, 0.15) is 0 Å². The van der Waals surface area contributed by atoms with Crippen LogP contribution in [0.25, 0.3) is 0 Å². The van der Waals surface area contributed by atoms with Gasteiger partial charge in [0.25, 0.3) is 0 Å². The quantitative estimate of drug-likeness (QED) is 0.575. The van der Waals surface area contributed by atoms with Crippen molar-refractivity contribution in [2.75, 3.05) is 0 Å². The van der Waals surface area contributed by atoms with Crippen molar-refractivity contribution in [1.82, 2.24) is 4.98 Å². The van der Waals surface area contributed by atoms with Crippen LogP contribution in [0.2, 0.25) is 0 Å².